The molecule has 0 aliphatic carbocycles. The van der Waals surface area contributed by atoms with Gasteiger partial charge in [0.15, 0.2) is 0 Å². The normalized spacial score (nSPS) is 18.8. The molecule has 0 radical (unpaired) electrons. The van der Waals surface area contributed by atoms with Crippen LogP contribution in [0.2, 0.25) is 0 Å². The molecule has 2 rings (SSSR count). The molecule has 1 aliphatic rings. The van der Waals surface area contributed by atoms with Crippen LogP contribution in [0, 0.1) is 0 Å². The number of ether oxygens (including phenoxy) is 1. The number of benzene rings is 1. The van der Waals surface area contributed by atoms with E-state index in [2.05, 4.69) is 10.1 Å². The van der Waals surface area contributed by atoms with Crippen molar-refractivity contribution >= 4 is 0 Å². The molecule has 1 aromatic rings. The van der Waals surface area contributed by atoms with Gasteiger partial charge in [0.2, 0.25) is 0 Å². The van der Waals surface area contributed by atoms with Crippen LogP contribution >= 0.6 is 0 Å². The number of aliphatic hydroxyl groups excluding tert-OH is 1. The summed E-state index contributed by atoms with van der Waals surface area (Å²) >= 11 is 0. The third kappa shape index (κ3) is 4.09. The quantitative estimate of drug-likeness (QED) is 0.882. The van der Waals surface area contributed by atoms with Gasteiger partial charge in [-0.3, -0.25) is 4.90 Å². The molecule has 1 heterocycles. The van der Waals surface area contributed by atoms with Gasteiger partial charge in [0.1, 0.15) is 5.75 Å². The second-order valence-electron chi connectivity index (χ2n) is 4.60. The number of hydrogen-bond donors (Lipinski definition) is 2. The van der Waals surface area contributed by atoms with Gasteiger partial charge in [-0.1, -0.05) is 12.1 Å². The van der Waals surface area contributed by atoms with Crippen molar-refractivity contribution < 1.29 is 23.0 Å². The van der Waals surface area contributed by atoms with E-state index >= 15 is 0 Å². The second-order valence-corrected chi connectivity index (χ2v) is 4.60. The molecule has 112 valence electrons. The fraction of sp³-hybridized carbons (Fsp3) is 0.538. The molecule has 1 saturated heterocycles. The summed E-state index contributed by atoms with van der Waals surface area (Å²) in [5.74, 6) is -0.261. The Labute approximate surface area is 115 Å². The van der Waals surface area contributed by atoms with Crippen LogP contribution in [0.1, 0.15) is 11.6 Å². The predicted octanol–water partition coefficient (Wildman–Crippen LogP) is 1.52. The van der Waals surface area contributed by atoms with Crippen LogP contribution in [0.25, 0.3) is 0 Å². The highest BCUT2D eigenvalue weighted by Gasteiger charge is 2.31. The fourth-order valence-electron chi connectivity index (χ4n) is 2.34. The van der Waals surface area contributed by atoms with E-state index in [4.69, 9.17) is 0 Å². The Kier molecular flexibility index (Phi) is 4.85. The first-order valence-corrected chi connectivity index (χ1v) is 6.41. The molecule has 0 bridgehead atoms. The summed E-state index contributed by atoms with van der Waals surface area (Å²) in [6.45, 7) is 2.95. The van der Waals surface area contributed by atoms with Gasteiger partial charge in [-0.15, -0.1) is 13.2 Å². The van der Waals surface area contributed by atoms with E-state index in [0.29, 0.717) is 5.56 Å². The molecule has 4 nitrogen and oxygen atoms in total. The number of nitrogens with zero attached hydrogens (tertiary/aromatic N) is 1. The number of alkyl halides is 3. The summed E-state index contributed by atoms with van der Waals surface area (Å²) in [6.07, 6.45) is -4.71. The summed E-state index contributed by atoms with van der Waals surface area (Å²) in [5, 5.41) is 12.7. The van der Waals surface area contributed by atoms with E-state index in [0.717, 1.165) is 26.2 Å². The number of nitrogens with one attached hydrogen (secondary N) is 1. The Hall–Kier alpha value is -1.31. The molecule has 2 N–H and O–H groups in total. The Morgan fingerprint density at radius 2 is 2.00 bits per heavy atom. The number of aliphatic hydroxyl groups is 1. The summed E-state index contributed by atoms with van der Waals surface area (Å²) in [5.41, 5.74) is 0.621. The van der Waals surface area contributed by atoms with Crippen LogP contribution in [0.15, 0.2) is 24.3 Å². The van der Waals surface area contributed by atoms with Crippen molar-refractivity contribution in [1.82, 2.24) is 10.2 Å². The SMILES string of the molecule is OC[C@H](c1cccc(OC(F)(F)F)c1)N1CCNCC1. The van der Waals surface area contributed by atoms with E-state index in [1.807, 2.05) is 4.90 Å². The first-order chi connectivity index (χ1) is 9.49. The smallest absolute Gasteiger partial charge is 0.406 e. The molecule has 1 aliphatic heterocycles. The zero-order chi connectivity index (χ0) is 14.6. The van der Waals surface area contributed by atoms with E-state index in [1.54, 1.807) is 6.07 Å². The third-order valence-electron chi connectivity index (χ3n) is 3.24. The Bertz CT molecular complexity index is 434. The van der Waals surface area contributed by atoms with Crippen molar-refractivity contribution in [1.29, 1.82) is 0 Å². The minimum atomic E-state index is -4.71. The average Bonchev–Trinajstić information content (AvgIpc) is 2.39. The first kappa shape index (κ1) is 15.1. The molecule has 0 saturated carbocycles. The van der Waals surface area contributed by atoms with Crippen molar-refractivity contribution in [2.24, 2.45) is 0 Å². The van der Waals surface area contributed by atoms with Crippen LogP contribution in [0.3, 0.4) is 0 Å². The highest BCUT2D eigenvalue weighted by molar-refractivity contribution is 5.31. The van der Waals surface area contributed by atoms with Gasteiger partial charge in [-0.05, 0) is 17.7 Å². The Balaban J connectivity index is 2.14. The van der Waals surface area contributed by atoms with Gasteiger partial charge in [0.25, 0.3) is 0 Å². The molecule has 0 spiro atoms. The minimum Gasteiger partial charge on any atom is -0.406 e. The Morgan fingerprint density at radius 1 is 1.30 bits per heavy atom. The molecule has 0 aromatic heterocycles. The maximum absolute atomic E-state index is 12.2. The van der Waals surface area contributed by atoms with Crippen LogP contribution in [-0.2, 0) is 0 Å². The lowest BCUT2D eigenvalue weighted by molar-refractivity contribution is -0.274. The van der Waals surface area contributed by atoms with Gasteiger partial charge in [0.05, 0.1) is 12.6 Å². The van der Waals surface area contributed by atoms with Crippen LogP contribution in [0.5, 0.6) is 5.75 Å². The second kappa shape index (κ2) is 6.43. The topological polar surface area (TPSA) is 44.7 Å². The zero-order valence-electron chi connectivity index (χ0n) is 10.9. The van der Waals surface area contributed by atoms with Crippen molar-refractivity contribution in [3.8, 4) is 5.75 Å². The molecule has 1 atom stereocenters. The highest BCUT2D eigenvalue weighted by Crippen LogP contribution is 2.27. The summed E-state index contributed by atoms with van der Waals surface area (Å²) in [4.78, 5) is 2.04. The van der Waals surface area contributed by atoms with E-state index in [9.17, 15) is 18.3 Å². The van der Waals surface area contributed by atoms with Gasteiger partial charge in [0, 0.05) is 26.2 Å². The van der Waals surface area contributed by atoms with Crippen molar-refractivity contribution in [2.45, 2.75) is 12.4 Å². The van der Waals surface area contributed by atoms with Crippen molar-refractivity contribution in [2.75, 3.05) is 32.8 Å². The number of rotatable bonds is 4. The standard InChI is InChI=1S/C13H17F3N2O2/c14-13(15,16)20-11-3-1-2-10(8-11)12(9-19)18-6-4-17-5-7-18/h1-3,8,12,17,19H,4-7,9H2/t12-/m1/s1. The molecule has 0 unspecified atom stereocenters. The lowest BCUT2D eigenvalue weighted by Crippen LogP contribution is -2.46. The molecule has 0 amide bonds. The fourth-order valence-corrected chi connectivity index (χ4v) is 2.34. The van der Waals surface area contributed by atoms with Crippen molar-refractivity contribution in [3.05, 3.63) is 29.8 Å². The van der Waals surface area contributed by atoms with E-state index < -0.39 is 6.36 Å². The highest BCUT2D eigenvalue weighted by atomic mass is 19.4. The summed E-state index contributed by atoms with van der Waals surface area (Å²) in [7, 11) is 0. The Morgan fingerprint density at radius 3 is 2.60 bits per heavy atom. The molecular formula is C13H17F3N2O2. The number of halogens is 3. The van der Waals surface area contributed by atoms with Crippen LogP contribution in [-0.4, -0.2) is 49.2 Å². The van der Waals surface area contributed by atoms with Crippen LogP contribution < -0.4 is 10.1 Å². The summed E-state index contributed by atoms with van der Waals surface area (Å²) in [6, 6.07) is 5.47. The third-order valence-corrected chi connectivity index (χ3v) is 3.24. The minimum absolute atomic E-state index is 0.143. The van der Waals surface area contributed by atoms with E-state index in [1.165, 1.54) is 18.2 Å². The lowest BCUT2D eigenvalue weighted by Gasteiger charge is -2.34. The molecule has 7 heteroatoms. The van der Waals surface area contributed by atoms with Gasteiger partial charge in [-0.2, -0.15) is 0 Å². The summed E-state index contributed by atoms with van der Waals surface area (Å²) < 4.78 is 40.6. The first-order valence-electron chi connectivity index (χ1n) is 6.41. The molecule has 1 fully saturated rings. The van der Waals surface area contributed by atoms with E-state index in [-0.39, 0.29) is 18.4 Å². The molecule has 1 aromatic carbocycles. The lowest BCUT2D eigenvalue weighted by atomic mass is 10.0. The van der Waals surface area contributed by atoms with Crippen molar-refractivity contribution in [3.63, 3.8) is 0 Å². The predicted molar refractivity (Wildman–Crippen MR) is 67.4 cm³/mol. The molecule has 20 heavy (non-hydrogen) atoms. The van der Waals surface area contributed by atoms with Crippen LogP contribution in [0.4, 0.5) is 13.2 Å². The maximum Gasteiger partial charge on any atom is 0.573 e. The monoisotopic (exact) mass is 290 g/mol. The number of piperazine rings is 1. The average molecular weight is 290 g/mol. The maximum atomic E-state index is 12.2. The van der Waals surface area contributed by atoms with Gasteiger partial charge >= 0.3 is 6.36 Å². The largest absolute Gasteiger partial charge is 0.573 e. The van der Waals surface area contributed by atoms with Gasteiger partial charge in [-0.25, -0.2) is 0 Å². The zero-order valence-corrected chi connectivity index (χ0v) is 10.9. The van der Waals surface area contributed by atoms with Gasteiger partial charge < -0.3 is 15.2 Å². The molecular weight excluding hydrogens is 273 g/mol. The number of hydrogen-bond acceptors (Lipinski definition) is 4.